The van der Waals surface area contributed by atoms with Crippen LogP contribution in [0.1, 0.15) is 38.1 Å². The minimum absolute atomic E-state index is 0.517. The van der Waals surface area contributed by atoms with Crippen LogP contribution >= 0.6 is 23.2 Å². The van der Waals surface area contributed by atoms with E-state index >= 15 is 0 Å². The van der Waals surface area contributed by atoms with Gasteiger partial charge in [0.05, 0.1) is 5.02 Å². The molecule has 0 amide bonds. The molecule has 0 saturated heterocycles. The highest BCUT2D eigenvalue weighted by Crippen LogP contribution is 2.42. The fourth-order valence-electron chi connectivity index (χ4n) is 2.51. The zero-order valence-electron chi connectivity index (χ0n) is 11.4. The van der Waals surface area contributed by atoms with Gasteiger partial charge in [-0.3, -0.25) is 0 Å². The van der Waals surface area contributed by atoms with Gasteiger partial charge in [-0.1, -0.05) is 30.1 Å². The van der Waals surface area contributed by atoms with Crippen LogP contribution in [-0.2, 0) is 6.42 Å². The number of nitrogen functional groups attached to an aromatic ring is 1. The molecule has 2 aromatic rings. The first-order valence-electron chi connectivity index (χ1n) is 6.93. The molecule has 5 heteroatoms. The standard InChI is InChI=1S/C15H17Cl2N3/c1-2-3-13-19-14(15(18)20(13)10-5-6-10)11-7-4-9(16)8-12(11)17/h4,7-8,10H,2-3,5-6,18H2,1H3. The van der Waals surface area contributed by atoms with Gasteiger partial charge in [-0.15, -0.1) is 0 Å². The number of benzene rings is 1. The fraction of sp³-hybridized carbons (Fsp3) is 0.400. The lowest BCUT2D eigenvalue weighted by molar-refractivity contribution is 0.676. The van der Waals surface area contributed by atoms with Gasteiger partial charge >= 0.3 is 0 Å². The number of halogens is 2. The topological polar surface area (TPSA) is 43.8 Å². The Kier molecular flexibility index (Phi) is 3.65. The molecule has 0 bridgehead atoms. The van der Waals surface area contributed by atoms with Crippen LogP contribution in [0.15, 0.2) is 18.2 Å². The Labute approximate surface area is 128 Å². The van der Waals surface area contributed by atoms with E-state index in [0.29, 0.717) is 16.1 Å². The molecule has 1 aromatic carbocycles. The predicted octanol–water partition coefficient (Wildman–Crippen LogP) is 4.73. The molecule has 0 aliphatic heterocycles. The van der Waals surface area contributed by atoms with Crippen molar-refractivity contribution in [1.82, 2.24) is 9.55 Å². The second kappa shape index (κ2) is 5.30. The summed E-state index contributed by atoms with van der Waals surface area (Å²) in [5.41, 5.74) is 7.95. The summed E-state index contributed by atoms with van der Waals surface area (Å²) >= 11 is 12.2. The molecule has 0 unspecified atom stereocenters. The lowest BCUT2D eigenvalue weighted by Gasteiger charge is -2.07. The smallest absolute Gasteiger partial charge is 0.132 e. The fourth-order valence-corrected chi connectivity index (χ4v) is 3.01. The average molecular weight is 310 g/mol. The normalized spacial score (nSPS) is 14.8. The van der Waals surface area contributed by atoms with Crippen LogP contribution in [0, 0.1) is 0 Å². The minimum atomic E-state index is 0.517. The second-order valence-corrected chi connectivity index (χ2v) is 6.08. The van der Waals surface area contributed by atoms with Crippen LogP contribution in [0.4, 0.5) is 5.82 Å². The van der Waals surface area contributed by atoms with Gasteiger partial charge in [0.2, 0.25) is 0 Å². The first-order valence-corrected chi connectivity index (χ1v) is 7.69. The number of aryl methyl sites for hydroxylation is 1. The van der Waals surface area contributed by atoms with Gasteiger partial charge in [-0.05, 0) is 37.5 Å². The van der Waals surface area contributed by atoms with Gasteiger partial charge in [0, 0.05) is 23.0 Å². The van der Waals surface area contributed by atoms with E-state index < -0.39 is 0 Å². The SMILES string of the molecule is CCCc1nc(-c2ccc(Cl)cc2Cl)c(N)n1C1CC1. The second-order valence-electron chi connectivity index (χ2n) is 5.24. The summed E-state index contributed by atoms with van der Waals surface area (Å²) < 4.78 is 2.18. The minimum Gasteiger partial charge on any atom is -0.383 e. The van der Waals surface area contributed by atoms with Crippen molar-refractivity contribution in [3.05, 3.63) is 34.1 Å². The van der Waals surface area contributed by atoms with Crippen molar-refractivity contribution < 1.29 is 0 Å². The Morgan fingerprint density at radius 1 is 1.35 bits per heavy atom. The van der Waals surface area contributed by atoms with Gasteiger partial charge in [0.25, 0.3) is 0 Å². The third-order valence-electron chi connectivity index (χ3n) is 3.59. The number of aromatic nitrogens is 2. The van der Waals surface area contributed by atoms with Gasteiger partial charge < -0.3 is 10.3 Å². The molecule has 0 spiro atoms. The molecule has 3 nitrogen and oxygen atoms in total. The lowest BCUT2D eigenvalue weighted by Crippen LogP contribution is -2.05. The Morgan fingerprint density at radius 3 is 2.70 bits per heavy atom. The summed E-state index contributed by atoms with van der Waals surface area (Å²) in [4.78, 5) is 4.73. The van der Waals surface area contributed by atoms with Gasteiger partial charge in [0.15, 0.2) is 0 Å². The number of nitrogens with zero attached hydrogens (tertiary/aromatic N) is 2. The molecule has 1 aliphatic carbocycles. The molecule has 0 atom stereocenters. The highest BCUT2D eigenvalue weighted by Gasteiger charge is 2.30. The first-order chi connectivity index (χ1) is 9.61. The van der Waals surface area contributed by atoms with Crippen molar-refractivity contribution in [3.8, 4) is 11.3 Å². The summed E-state index contributed by atoms with van der Waals surface area (Å²) in [6, 6.07) is 5.95. The van der Waals surface area contributed by atoms with E-state index in [1.54, 1.807) is 6.07 Å². The van der Waals surface area contributed by atoms with Crippen molar-refractivity contribution in [1.29, 1.82) is 0 Å². The maximum absolute atomic E-state index is 6.32. The molecule has 1 fully saturated rings. The van der Waals surface area contributed by atoms with E-state index in [1.165, 1.54) is 12.8 Å². The van der Waals surface area contributed by atoms with Crippen LogP contribution in [0.3, 0.4) is 0 Å². The van der Waals surface area contributed by atoms with Crippen molar-refractivity contribution in [2.24, 2.45) is 0 Å². The van der Waals surface area contributed by atoms with Gasteiger partial charge in [-0.25, -0.2) is 4.98 Å². The first kappa shape index (κ1) is 13.8. The molecule has 106 valence electrons. The molecule has 3 rings (SSSR count). The Hall–Kier alpha value is -1.19. The molecule has 0 radical (unpaired) electrons. The summed E-state index contributed by atoms with van der Waals surface area (Å²) in [5, 5.41) is 1.21. The summed E-state index contributed by atoms with van der Waals surface area (Å²) in [6.07, 6.45) is 4.36. The van der Waals surface area contributed by atoms with Crippen LogP contribution in [0.25, 0.3) is 11.3 Å². The number of hydrogen-bond donors (Lipinski definition) is 1. The van der Waals surface area contributed by atoms with E-state index in [1.807, 2.05) is 12.1 Å². The molecular weight excluding hydrogens is 293 g/mol. The van der Waals surface area contributed by atoms with Crippen molar-refractivity contribution in [3.63, 3.8) is 0 Å². The van der Waals surface area contributed by atoms with Crippen molar-refractivity contribution in [2.75, 3.05) is 5.73 Å². The maximum atomic E-state index is 6.32. The molecule has 20 heavy (non-hydrogen) atoms. The monoisotopic (exact) mass is 309 g/mol. The predicted molar refractivity (Wildman–Crippen MR) is 84.4 cm³/mol. The summed E-state index contributed by atoms with van der Waals surface area (Å²) in [7, 11) is 0. The van der Waals surface area contributed by atoms with Crippen LogP contribution in [0.2, 0.25) is 10.0 Å². The highest BCUT2D eigenvalue weighted by atomic mass is 35.5. The maximum Gasteiger partial charge on any atom is 0.132 e. The van der Waals surface area contributed by atoms with E-state index in [9.17, 15) is 0 Å². The number of rotatable bonds is 4. The number of nitrogens with two attached hydrogens (primary N) is 1. The number of anilines is 1. The Morgan fingerprint density at radius 2 is 2.10 bits per heavy atom. The largest absolute Gasteiger partial charge is 0.383 e. The zero-order valence-corrected chi connectivity index (χ0v) is 12.9. The highest BCUT2D eigenvalue weighted by molar-refractivity contribution is 6.36. The average Bonchev–Trinajstić information content (AvgIpc) is 3.17. The third kappa shape index (κ3) is 2.40. The van der Waals surface area contributed by atoms with E-state index in [2.05, 4.69) is 11.5 Å². The molecule has 1 aliphatic rings. The van der Waals surface area contributed by atoms with Crippen molar-refractivity contribution in [2.45, 2.75) is 38.6 Å². The van der Waals surface area contributed by atoms with Gasteiger partial charge in [-0.2, -0.15) is 0 Å². The van der Waals surface area contributed by atoms with Crippen LogP contribution < -0.4 is 5.73 Å². The van der Waals surface area contributed by atoms with Gasteiger partial charge in [0.1, 0.15) is 17.3 Å². The molecule has 1 aromatic heterocycles. The van der Waals surface area contributed by atoms with E-state index in [-0.39, 0.29) is 0 Å². The Balaban J connectivity index is 2.11. The third-order valence-corrected chi connectivity index (χ3v) is 4.14. The molecule has 1 heterocycles. The van der Waals surface area contributed by atoms with Crippen LogP contribution in [0.5, 0.6) is 0 Å². The quantitative estimate of drug-likeness (QED) is 0.887. The summed E-state index contributed by atoms with van der Waals surface area (Å²) in [6.45, 7) is 2.15. The number of imidazole rings is 1. The van der Waals surface area contributed by atoms with Crippen molar-refractivity contribution >= 4 is 29.0 Å². The summed E-state index contributed by atoms with van der Waals surface area (Å²) in [5.74, 6) is 1.79. The molecular formula is C15H17Cl2N3. The molecule has 1 saturated carbocycles. The van der Waals surface area contributed by atoms with Crippen LogP contribution in [-0.4, -0.2) is 9.55 Å². The Bertz CT molecular complexity index is 645. The lowest BCUT2D eigenvalue weighted by atomic mass is 10.1. The number of hydrogen-bond acceptors (Lipinski definition) is 2. The van der Waals surface area contributed by atoms with E-state index in [4.69, 9.17) is 33.9 Å². The zero-order chi connectivity index (χ0) is 14.3. The van der Waals surface area contributed by atoms with E-state index in [0.717, 1.165) is 35.7 Å². The molecule has 2 N–H and O–H groups in total.